The van der Waals surface area contributed by atoms with Crippen molar-refractivity contribution in [3.05, 3.63) is 35.7 Å². The van der Waals surface area contributed by atoms with E-state index < -0.39 is 18.0 Å². The van der Waals surface area contributed by atoms with Crippen LogP contribution in [0.1, 0.15) is 48.0 Å². The predicted octanol–water partition coefficient (Wildman–Crippen LogP) is 2.28. The number of nitrogens with two attached hydrogens (primary N) is 1. The van der Waals surface area contributed by atoms with E-state index in [9.17, 15) is 14.7 Å². The summed E-state index contributed by atoms with van der Waals surface area (Å²) in [6, 6.07) is 3.13. The van der Waals surface area contributed by atoms with Crippen molar-refractivity contribution in [1.29, 1.82) is 0 Å². The minimum absolute atomic E-state index is 0.0266. The highest BCUT2D eigenvalue weighted by Gasteiger charge is 2.24. The molecule has 1 fully saturated rings. The predicted molar refractivity (Wildman–Crippen MR) is 109 cm³/mol. The molecule has 9 nitrogen and oxygen atoms in total. The molecule has 0 bridgehead atoms. The van der Waals surface area contributed by atoms with Crippen molar-refractivity contribution in [1.82, 2.24) is 14.7 Å². The second-order valence-electron chi connectivity index (χ2n) is 7.01. The van der Waals surface area contributed by atoms with Crippen LogP contribution in [0, 0.1) is 5.92 Å². The maximum atomic E-state index is 12.3. The molecule has 5 N–H and O–H groups in total. The monoisotopic (exact) mass is 419 g/mol. The van der Waals surface area contributed by atoms with Crippen LogP contribution in [0.3, 0.4) is 0 Å². The molecule has 3 amide bonds. The number of hydrogen-bond acceptors (Lipinski definition) is 7. The molecule has 10 heteroatoms. The largest absolute Gasteiger partial charge is 0.472 e. The Hall–Kier alpha value is -2.72. The van der Waals surface area contributed by atoms with E-state index in [1.54, 1.807) is 18.5 Å². The molecule has 0 aliphatic heterocycles. The van der Waals surface area contributed by atoms with Gasteiger partial charge in [0.15, 0.2) is 0 Å². The zero-order chi connectivity index (χ0) is 20.6. The quantitative estimate of drug-likeness (QED) is 0.508. The normalized spacial score (nSPS) is 19.2. The molecule has 2 atom stereocenters. The van der Waals surface area contributed by atoms with Gasteiger partial charge in [-0.25, -0.2) is 4.79 Å². The number of amides is 3. The lowest BCUT2D eigenvalue weighted by molar-refractivity contribution is 0.0996. The summed E-state index contributed by atoms with van der Waals surface area (Å²) in [6.07, 6.45) is 7.67. The van der Waals surface area contributed by atoms with Crippen molar-refractivity contribution in [3.63, 3.8) is 0 Å². The van der Waals surface area contributed by atoms with Gasteiger partial charge in [0, 0.05) is 30.4 Å². The van der Waals surface area contributed by atoms with Gasteiger partial charge in [0.1, 0.15) is 17.2 Å². The molecular weight excluding hydrogens is 394 g/mol. The molecule has 1 unspecified atom stereocenters. The van der Waals surface area contributed by atoms with Gasteiger partial charge in [0.25, 0.3) is 5.91 Å². The third-order valence-corrected chi connectivity index (χ3v) is 5.62. The number of nitrogens with zero attached hydrogens (tertiary/aromatic N) is 2. The summed E-state index contributed by atoms with van der Waals surface area (Å²) in [5.41, 5.74) is 6.30. The first-order valence-corrected chi connectivity index (χ1v) is 10.4. The van der Waals surface area contributed by atoms with E-state index in [1.807, 2.05) is 6.07 Å². The fraction of sp³-hybridized carbons (Fsp3) is 0.474. The van der Waals surface area contributed by atoms with Gasteiger partial charge in [0.2, 0.25) is 5.88 Å². The maximum absolute atomic E-state index is 12.3. The van der Waals surface area contributed by atoms with Crippen molar-refractivity contribution in [2.75, 3.05) is 11.9 Å². The number of carbonyl (C=O) groups is 2. The van der Waals surface area contributed by atoms with E-state index in [0.29, 0.717) is 6.54 Å². The van der Waals surface area contributed by atoms with Crippen LogP contribution in [0.25, 0.3) is 0 Å². The molecule has 29 heavy (non-hydrogen) atoms. The maximum Gasteiger partial charge on any atom is 0.319 e. The van der Waals surface area contributed by atoms with Crippen molar-refractivity contribution in [2.45, 2.75) is 44.8 Å². The van der Waals surface area contributed by atoms with Crippen LogP contribution in [-0.2, 0) is 6.61 Å². The average molecular weight is 420 g/mol. The highest BCUT2D eigenvalue weighted by Crippen LogP contribution is 2.30. The van der Waals surface area contributed by atoms with Gasteiger partial charge < -0.3 is 20.9 Å². The first-order valence-electron chi connectivity index (χ1n) is 9.58. The second-order valence-corrected chi connectivity index (χ2v) is 7.78. The van der Waals surface area contributed by atoms with Gasteiger partial charge in [-0.3, -0.25) is 15.1 Å². The summed E-state index contributed by atoms with van der Waals surface area (Å²) >= 11 is 0.921. The lowest BCUT2D eigenvalue weighted by atomic mass is 9.97. The SMILES string of the molecule is NC(=O)c1c(OCc2cccnc2)nsc1NC(=O)NCC1CCCCC[C@H]1O. The third kappa shape index (κ3) is 5.88. The van der Waals surface area contributed by atoms with Crippen LogP contribution < -0.4 is 21.1 Å². The van der Waals surface area contributed by atoms with Gasteiger partial charge in [-0.1, -0.05) is 25.3 Å². The summed E-state index contributed by atoms with van der Waals surface area (Å²) in [6.45, 7) is 0.533. The molecule has 0 saturated heterocycles. The van der Waals surface area contributed by atoms with Crippen LogP contribution in [0.2, 0.25) is 0 Å². The summed E-state index contributed by atoms with van der Waals surface area (Å²) in [5.74, 6) is -0.644. The standard InChI is InChI=1S/C19H25N5O4S/c20-16(26)15-17(28-11-12-5-4-8-21-9-12)24-29-18(15)23-19(27)22-10-13-6-2-1-3-7-14(13)25/h4-5,8-9,13-14,25H,1-3,6-7,10-11H2,(H2,20,26)(H2,22,23,27)/t13?,14-/m1/s1. The lowest BCUT2D eigenvalue weighted by Gasteiger charge is -2.20. The Labute approximate surface area is 172 Å². The Morgan fingerprint density at radius 2 is 2.14 bits per heavy atom. The van der Waals surface area contributed by atoms with E-state index in [2.05, 4.69) is 20.0 Å². The summed E-state index contributed by atoms with van der Waals surface area (Å²) < 4.78 is 9.68. The number of nitrogens with one attached hydrogen (secondary N) is 2. The van der Waals surface area contributed by atoms with Crippen molar-refractivity contribution < 1.29 is 19.4 Å². The minimum Gasteiger partial charge on any atom is -0.472 e. The number of anilines is 1. The van der Waals surface area contributed by atoms with Crippen LogP contribution in [0.15, 0.2) is 24.5 Å². The number of primary amides is 1. The third-order valence-electron chi connectivity index (χ3n) is 4.88. The Balaban J connectivity index is 1.58. The molecule has 1 saturated carbocycles. The van der Waals surface area contributed by atoms with Crippen LogP contribution in [0.5, 0.6) is 5.88 Å². The van der Waals surface area contributed by atoms with Gasteiger partial charge >= 0.3 is 6.03 Å². The number of ether oxygens (including phenoxy) is 1. The average Bonchev–Trinajstić information content (AvgIpc) is 2.99. The lowest BCUT2D eigenvalue weighted by Crippen LogP contribution is -2.37. The Morgan fingerprint density at radius 1 is 1.31 bits per heavy atom. The Morgan fingerprint density at radius 3 is 2.90 bits per heavy atom. The molecule has 156 valence electrons. The smallest absolute Gasteiger partial charge is 0.319 e. The fourth-order valence-electron chi connectivity index (χ4n) is 3.29. The fourth-order valence-corrected chi connectivity index (χ4v) is 4.02. The zero-order valence-corrected chi connectivity index (χ0v) is 16.8. The van der Waals surface area contributed by atoms with E-state index in [-0.39, 0.29) is 29.0 Å². The highest BCUT2D eigenvalue weighted by atomic mass is 32.1. The highest BCUT2D eigenvalue weighted by molar-refractivity contribution is 7.11. The van der Waals surface area contributed by atoms with E-state index in [0.717, 1.165) is 49.2 Å². The molecule has 2 heterocycles. The number of carbonyl (C=O) groups excluding carboxylic acids is 2. The van der Waals surface area contributed by atoms with Crippen LogP contribution in [-0.4, -0.2) is 39.1 Å². The van der Waals surface area contributed by atoms with E-state index >= 15 is 0 Å². The first kappa shape index (κ1) is 21.0. The molecule has 3 rings (SSSR count). The Bertz CT molecular complexity index is 829. The number of hydrogen-bond donors (Lipinski definition) is 4. The van der Waals surface area contributed by atoms with Crippen LogP contribution >= 0.6 is 11.5 Å². The molecule has 0 radical (unpaired) electrons. The molecule has 2 aromatic heterocycles. The molecule has 1 aliphatic rings. The first-order chi connectivity index (χ1) is 14.0. The second kappa shape index (κ2) is 10.2. The van der Waals surface area contributed by atoms with Gasteiger partial charge in [0.05, 0.1) is 6.10 Å². The Kier molecular flexibility index (Phi) is 7.36. The summed E-state index contributed by atoms with van der Waals surface area (Å²) in [4.78, 5) is 28.2. The van der Waals surface area contributed by atoms with Crippen molar-refractivity contribution >= 4 is 28.5 Å². The molecule has 0 spiro atoms. The molecule has 1 aliphatic carbocycles. The number of pyridine rings is 1. The number of aromatic nitrogens is 2. The number of urea groups is 1. The topological polar surface area (TPSA) is 139 Å². The van der Waals surface area contributed by atoms with E-state index in [1.165, 1.54) is 0 Å². The summed E-state index contributed by atoms with van der Waals surface area (Å²) in [7, 11) is 0. The van der Waals surface area contributed by atoms with E-state index in [4.69, 9.17) is 10.5 Å². The van der Waals surface area contributed by atoms with Crippen molar-refractivity contribution in [3.8, 4) is 5.88 Å². The zero-order valence-electron chi connectivity index (χ0n) is 16.0. The van der Waals surface area contributed by atoms with Crippen molar-refractivity contribution in [2.24, 2.45) is 11.7 Å². The summed E-state index contributed by atoms with van der Waals surface area (Å²) in [5, 5.41) is 15.8. The van der Waals surface area contributed by atoms with Gasteiger partial charge in [-0.05, 0) is 30.4 Å². The van der Waals surface area contributed by atoms with Gasteiger partial charge in [-0.2, -0.15) is 4.37 Å². The number of aliphatic hydroxyl groups is 1. The molecule has 2 aromatic rings. The minimum atomic E-state index is -0.741. The molecule has 0 aromatic carbocycles. The molecular formula is C19H25N5O4S. The number of rotatable bonds is 7. The number of aliphatic hydroxyl groups excluding tert-OH is 1. The van der Waals surface area contributed by atoms with Crippen LogP contribution in [0.4, 0.5) is 9.80 Å². The van der Waals surface area contributed by atoms with Gasteiger partial charge in [-0.15, -0.1) is 0 Å².